The van der Waals surface area contributed by atoms with Gasteiger partial charge >= 0.3 is 0 Å². The number of carbonyl (C=O) groups excluding carboxylic acids is 3. The third kappa shape index (κ3) is 16.0. The molecule has 2 amide bonds. The summed E-state index contributed by atoms with van der Waals surface area (Å²) in [5.74, 6) is -0.846. The van der Waals surface area contributed by atoms with Crippen molar-refractivity contribution in [2.75, 3.05) is 44.9 Å². The Hall–Kier alpha value is -3.60. The lowest BCUT2D eigenvalue weighted by Gasteiger charge is -2.24. The molecule has 8 nitrogen and oxygen atoms in total. The summed E-state index contributed by atoms with van der Waals surface area (Å²) in [6, 6.07) is 18.4. The number of imide groups is 1. The van der Waals surface area contributed by atoms with Gasteiger partial charge in [0.05, 0.1) is 38.0 Å². The lowest BCUT2D eigenvalue weighted by atomic mass is 9.99. The van der Waals surface area contributed by atoms with Gasteiger partial charge < -0.3 is 19.5 Å². The summed E-state index contributed by atoms with van der Waals surface area (Å²) < 4.78 is 16.7. The number of anilines is 2. The van der Waals surface area contributed by atoms with Gasteiger partial charge in [-0.05, 0) is 62.7 Å². The van der Waals surface area contributed by atoms with E-state index < -0.39 is 0 Å². The van der Waals surface area contributed by atoms with Gasteiger partial charge in [-0.25, -0.2) is 0 Å². The molecule has 0 aliphatic carbocycles. The Bertz CT molecular complexity index is 1530. The van der Waals surface area contributed by atoms with Crippen molar-refractivity contribution in [2.24, 2.45) is 0 Å². The number of rotatable bonds is 13. The highest BCUT2D eigenvalue weighted by molar-refractivity contribution is 9.10. The molecule has 0 saturated carbocycles. The van der Waals surface area contributed by atoms with E-state index in [1.165, 1.54) is 0 Å². The average Bonchev–Trinajstić information content (AvgIpc) is 3.07. The SMILES string of the molecule is C.C=C(C)COCC(=C)C.CC.CC.Cc1ccccc1C(=O)c1ccc(Nc2ccc(Br)cc2COCCN2C(=O)COCC2=O)cc1Cl. The van der Waals surface area contributed by atoms with Gasteiger partial charge in [0.1, 0.15) is 13.2 Å². The quantitative estimate of drug-likeness (QED) is 0.0800. The maximum absolute atomic E-state index is 13.0. The van der Waals surface area contributed by atoms with E-state index in [1.807, 2.05) is 84.9 Å². The van der Waals surface area contributed by atoms with Crippen LogP contribution >= 0.6 is 27.5 Å². The fourth-order valence-electron chi connectivity index (χ4n) is 4.22. The fourth-order valence-corrected chi connectivity index (χ4v) is 4.89. The zero-order valence-electron chi connectivity index (χ0n) is 29.8. The Balaban J connectivity index is 0.00000148. The molecule has 0 unspecified atom stereocenters. The number of hydrogen-bond acceptors (Lipinski definition) is 7. The number of benzene rings is 3. The largest absolute Gasteiger partial charge is 0.375 e. The molecule has 1 saturated heterocycles. The summed E-state index contributed by atoms with van der Waals surface area (Å²) in [4.78, 5) is 37.8. The first kappa shape index (κ1) is 46.4. The van der Waals surface area contributed by atoms with Crippen LogP contribution in [0.5, 0.6) is 0 Å². The first-order chi connectivity index (χ1) is 23.5. The molecule has 1 heterocycles. The Morgan fingerprint density at radius 2 is 1.50 bits per heavy atom. The third-order valence-corrected chi connectivity index (χ3v) is 7.22. The van der Waals surface area contributed by atoms with Gasteiger partial charge in [0, 0.05) is 32.5 Å². The van der Waals surface area contributed by atoms with Crippen molar-refractivity contribution >= 4 is 56.5 Å². The molecule has 0 spiro atoms. The van der Waals surface area contributed by atoms with Crippen molar-refractivity contribution in [3.05, 3.63) is 117 Å². The van der Waals surface area contributed by atoms with E-state index in [0.29, 0.717) is 29.4 Å². The Morgan fingerprint density at radius 1 is 0.900 bits per heavy atom. The molecule has 3 aromatic rings. The maximum atomic E-state index is 13.0. The van der Waals surface area contributed by atoms with Crippen LogP contribution in [-0.4, -0.2) is 62.1 Å². The second kappa shape index (κ2) is 25.4. The topological polar surface area (TPSA) is 94.2 Å². The van der Waals surface area contributed by atoms with Crippen LogP contribution in [0, 0.1) is 6.92 Å². The van der Waals surface area contributed by atoms with Crippen molar-refractivity contribution in [2.45, 2.75) is 62.5 Å². The molecule has 10 heteroatoms. The minimum atomic E-state index is -0.360. The number of morpholine rings is 1. The highest BCUT2D eigenvalue weighted by Crippen LogP contribution is 2.29. The molecule has 1 N–H and O–H groups in total. The minimum absolute atomic E-state index is 0. The smallest absolute Gasteiger partial charge is 0.255 e. The molecule has 1 aliphatic heterocycles. The van der Waals surface area contributed by atoms with Crippen molar-refractivity contribution < 1.29 is 28.6 Å². The maximum Gasteiger partial charge on any atom is 0.255 e. The normalized spacial score (nSPS) is 11.7. The molecule has 0 radical (unpaired) electrons. The molecular weight excluding hydrogens is 720 g/mol. The molecule has 4 rings (SSSR count). The van der Waals surface area contributed by atoms with E-state index in [9.17, 15) is 14.4 Å². The Morgan fingerprint density at radius 3 is 2.06 bits per heavy atom. The minimum Gasteiger partial charge on any atom is -0.375 e. The molecule has 274 valence electrons. The summed E-state index contributed by atoms with van der Waals surface area (Å²) in [6.45, 7) is 22.9. The average molecular weight is 774 g/mol. The van der Waals surface area contributed by atoms with Gasteiger partial charge in [0.2, 0.25) is 0 Å². The standard InChI is InChI=1S/C27H24BrClN2O5.C8H14O.2C2H6.CH4/c1-17-4-2-3-5-21(17)27(34)22-8-7-20(13-23(22)29)30-24-9-6-19(28)12-18(24)14-35-11-10-31-25(32)15-36-16-26(31)33;1-7(2)5-9-6-8(3)4;2*1-2;/h2-9,12-13,30H,10-11,14-16H2,1H3;1,3,5-6H2,2,4H3;2*1-2H3;1H4. The predicted octanol–water partition coefficient (Wildman–Crippen LogP) is 10.1. The van der Waals surface area contributed by atoms with Crippen molar-refractivity contribution in [1.82, 2.24) is 4.90 Å². The first-order valence-corrected chi connectivity index (χ1v) is 17.4. The third-order valence-electron chi connectivity index (χ3n) is 6.42. The second-order valence-corrected chi connectivity index (χ2v) is 12.0. The number of amides is 2. The van der Waals surface area contributed by atoms with Crippen LogP contribution in [0.3, 0.4) is 0 Å². The van der Waals surface area contributed by atoms with Crippen molar-refractivity contribution in [3.8, 4) is 0 Å². The zero-order chi connectivity index (χ0) is 36.9. The summed E-state index contributed by atoms with van der Waals surface area (Å²) in [5.41, 5.74) is 6.42. The summed E-state index contributed by atoms with van der Waals surface area (Å²) in [5, 5.41) is 3.68. The number of halogens is 2. The van der Waals surface area contributed by atoms with Gasteiger partial charge in [-0.15, -0.1) is 0 Å². The molecule has 3 aromatic carbocycles. The van der Waals surface area contributed by atoms with Gasteiger partial charge in [0.25, 0.3) is 11.8 Å². The van der Waals surface area contributed by atoms with Crippen LogP contribution in [0.25, 0.3) is 0 Å². The molecule has 50 heavy (non-hydrogen) atoms. The number of ketones is 1. The Kier molecular flexibility index (Phi) is 23.5. The zero-order valence-corrected chi connectivity index (χ0v) is 32.1. The molecule has 0 bridgehead atoms. The lowest BCUT2D eigenvalue weighted by Crippen LogP contribution is -2.47. The van der Waals surface area contributed by atoms with Crippen molar-refractivity contribution in [3.63, 3.8) is 0 Å². The Labute approximate surface area is 313 Å². The van der Waals surface area contributed by atoms with Crippen LogP contribution in [0.4, 0.5) is 11.4 Å². The lowest BCUT2D eigenvalue weighted by molar-refractivity contribution is -0.159. The number of hydrogen-bond donors (Lipinski definition) is 1. The highest BCUT2D eigenvalue weighted by Gasteiger charge is 2.26. The number of carbonyl (C=O) groups is 3. The number of aryl methyl sites for hydroxylation is 1. The van der Waals surface area contributed by atoms with E-state index >= 15 is 0 Å². The molecular formula is C40H54BrClN2O6. The van der Waals surface area contributed by atoms with Crippen LogP contribution in [0.15, 0.2) is 89.4 Å². The number of nitrogens with zero attached hydrogens (tertiary/aromatic N) is 1. The highest BCUT2D eigenvalue weighted by atomic mass is 79.9. The van der Waals surface area contributed by atoms with E-state index in [1.54, 1.807) is 24.3 Å². The van der Waals surface area contributed by atoms with Gasteiger partial charge in [0.15, 0.2) is 5.78 Å². The number of ether oxygens (including phenoxy) is 3. The predicted molar refractivity (Wildman–Crippen MR) is 211 cm³/mol. The summed E-state index contributed by atoms with van der Waals surface area (Å²) >= 11 is 9.98. The molecule has 1 aliphatic rings. The summed E-state index contributed by atoms with van der Waals surface area (Å²) in [6.07, 6.45) is 0. The van der Waals surface area contributed by atoms with Crippen LogP contribution in [0.2, 0.25) is 5.02 Å². The van der Waals surface area contributed by atoms with E-state index in [-0.39, 0.29) is 58.0 Å². The van der Waals surface area contributed by atoms with E-state index in [0.717, 1.165) is 43.0 Å². The van der Waals surface area contributed by atoms with Crippen LogP contribution in [-0.2, 0) is 30.4 Å². The molecule has 0 aromatic heterocycles. The monoisotopic (exact) mass is 772 g/mol. The van der Waals surface area contributed by atoms with Crippen LogP contribution in [0.1, 0.15) is 76.0 Å². The summed E-state index contributed by atoms with van der Waals surface area (Å²) in [7, 11) is 0. The van der Waals surface area contributed by atoms with Gasteiger partial charge in [-0.3, -0.25) is 19.3 Å². The van der Waals surface area contributed by atoms with Crippen molar-refractivity contribution in [1.29, 1.82) is 0 Å². The van der Waals surface area contributed by atoms with E-state index in [2.05, 4.69) is 34.4 Å². The van der Waals surface area contributed by atoms with Crippen LogP contribution < -0.4 is 5.32 Å². The van der Waals surface area contributed by atoms with E-state index in [4.69, 9.17) is 25.8 Å². The first-order valence-electron chi connectivity index (χ1n) is 16.3. The second-order valence-electron chi connectivity index (χ2n) is 10.7. The number of nitrogens with one attached hydrogen (secondary N) is 1. The fraction of sp³-hybridized carbons (Fsp3) is 0.375. The van der Waals surface area contributed by atoms with Gasteiger partial charge in [-0.1, -0.05) is 111 Å². The van der Waals surface area contributed by atoms with Gasteiger partial charge in [-0.2, -0.15) is 0 Å². The molecule has 0 atom stereocenters. The molecule has 1 fully saturated rings.